The minimum atomic E-state index is -1.34. The summed E-state index contributed by atoms with van der Waals surface area (Å²) in [5.74, 6) is 1.49. The zero-order chi connectivity index (χ0) is 10.1. The van der Waals surface area contributed by atoms with Crippen LogP contribution in [0, 0.1) is 5.75 Å². The lowest BCUT2D eigenvalue weighted by Crippen LogP contribution is -2.56. The van der Waals surface area contributed by atoms with Crippen molar-refractivity contribution in [3.8, 4) is 0 Å². The van der Waals surface area contributed by atoms with Gasteiger partial charge in [-0.25, -0.2) is 0 Å². The van der Waals surface area contributed by atoms with Crippen molar-refractivity contribution in [2.75, 3.05) is 6.61 Å². The average Bonchev–Trinajstić information content (AvgIpc) is 2.15. The zero-order valence-electron chi connectivity index (χ0n) is 7.42. The molecule has 0 spiro atoms. The lowest BCUT2D eigenvalue weighted by molar-refractivity contribution is -0.111. The highest BCUT2D eigenvalue weighted by Crippen LogP contribution is 2.38. The van der Waals surface area contributed by atoms with E-state index in [1.54, 1.807) is 6.92 Å². The molecule has 0 aromatic carbocycles. The van der Waals surface area contributed by atoms with E-state index >= 15 is 0 Å². The molecule has 1 aliphatic rings. The van der Waals surface area contributed by atoms with Crippen molar-refractivity contribution in [1.82, 2.24) is 0 Å². The Kier molecular flexibility index (Phi) is 3.59. The third kappa shape index (κ3) is 1.99. The minimum absolute atomic E-state index is 0.209. The smallest absolute Gasteiger partial charge is 0.111 e. The highest BCUT2D eigenvalue weighted by atomic mass is 32.2. The lowest BCUT2D eigenvalue weighted by Gasteiger charge is -2.41. The molecule has 13 heavy (non-hydrogen) atoms. The summed E-state index contributed by atoms with van der Waals surface area (Å²) >= 11 is 1.17. The van der Waals surface area contributed by atoms with E-state index in [0.717, 1.165) is 0 Å². The number of hydrogen-bond acceptors (Lipinski definition) is 5. The Hall–Kier alpha value is 0.190. The van der Waals surface area contributed by atoms with Crippen LogP contribution in [0.4, 0.5) is 0 Å². The van der Waals surface area contributed by atoms with Crippen LogP contribution >= 0.6 is 11.8 Å². The van der Waals surface area contributed by atoms with Crippen molar-refractivity contribution < 1.29 is 20.4 Å². The van der Waals surface area contributed by atoms with Gasteiger partial charge in [-0.15, -0.1) is 11.8 Å². The first-order valence-electron chi connectivity index (χ1n) is 4.24. The highest BCUT2D eigenvalue weighted by Gasteiger charge is 2.46. The zero-order valence-corrected chi connectivity index (χ0v) is 8.24. The molecule has 1 radical (unpaired) electrons. The quantitative estimate of drug-likeness (QED) is 0.473. The van der Waals surface area contributed by atoms with Crippen LogP contribution in [0.5, 0.6) is 0 Å². The molecule has 0 aliphatic carbocycles. The predicted octanol–water partition coefficient (Wildman–Crippen LogP) is -0.881. The van der Waals surface area contributed by atoms with Gasteiger partial charge in [0.2, 0.25) is 0 Å². The van der Waals surface area contributed by atoms with Crippen molar-refractivity contribution in [2.24, 2.45) is 0 Å². The molecule has 1 fully saturated rings. The average molecular weight is 207 g/mol. The van der Waals surface area contributed by atoms with E-state index in [-0.39, 0.29) is 6.61 Å². The van der Waals surface area contributed by atoms with Gasteiger partial charge in [-0.2, -0.15) is 0 Å². The number of rotatable bonds is 2. The van der Waals surface area contributed by atoms with Crippen LogP contribution in [0.25, 0.3) is 0 Å². The molecule has 0 unspecified atom stereocenters. The topological polar surface area (TPSA) is 80.9 Å². The molecule has 5 heteroatoms. The lowest BCUT2D eigenvalue weighted by atomic mass is 9.90. The maximum absolute atomic E-state index is 9.76. The second-order valence-corrected chi connectivity index (χ2v) is 4.37. The molecular formula is C8H15O4S. The number of aliphatic hydroxyl groups is 4. The van der Waals surface area contributed by atoms with Gasteiger partial charge < -0.3 is 20.4 Å². The molecule has 4 nitrogen and oxygen atoms in total. The van der Waals surface area contributed by atoms with Gasteiger partial charge >= 0.3 is 0 Å². The summed E-state index contributed by atoms with van der Waals surface area (Å²) < 4.78 is 0. The summed E-state index contributed by atoms with van der Waals surface area (Å²) in [5.41, 5.74) is -1.34. The molecular weight excluding hydrogens is 192 g/mol. The van der Waals surface area contributed by atoms with Gasteiger partial charge in [0, 0.05) is 0 Å². The fourth-order valence-corrected chi connectivity index (χ4v) is 2.41. The summed E-state index contributed by atoms with van der Waals surface area (Å²) in [6, 6.07) is 0. The molecule has 0 amide bonds. The SMILES string of the molecule is CC[C@@]1(O)[CH]S[C@@H](CO)[C@H](O)[C@H]1O. The fourth-order valence-electron chi connectivity index (χ4n) is 1.30. The molecule has 1 heterocycles. The molecule has 0 aromatic heterocycles. The van der Waals surface area contributed by atoms with Crippen LogP contribution in [0.1, 0.15) is 13.3 Å². The van der Waals surface area contributed by atoms with E-state index in [2.05, 4.69) is 0 Å². The van der Waals surface area contributed by atoms with Crippen LogP contribution in [0.2, 0.25) is 0 Å². The first kappa shape index (κ1) is 11.3. The van der Waals surface area contributed by atoms with Crippen LogP contribution in [0.15, 0.2) is 0 Å². The Balaban J connectivity index is 2.69. The van der Waals surface area contributed by atoms with E-state index in [0.29, 0.717) is 6.42 Å². The standard InChI is InChI=1S/C8H15O4S/c1-2-8(12)4-13-5(3-9)6(10)7(8)11/h4-7,9-12H,2-3H2,1H3/t5-,6-,7+,8+/m0/s1. The molecule has 1 saturated heterocycles. The van der Waals surface area contributed by atoms with E-state index in [9.17, 15) is 15.3 Å². The summed E-state index contributed by atoms with van der Waals surface area (Å²) in [6.45, 7) is 1.52. The maximum atomic E-state index is 9.76. The normalized spacial score (nSPS) is 46.4. The predicted molar refractivity (Wildman–Crippen MR) is 50.0 cm³/mol. The van der Waals surface area contributed by atoms with Crippen molar-refractivity contribution in [3.05, 3.63) is 5.75 Å². The maximum Gasteiger partial charge on any atom is 0.111 e. The number of thioether (sulfide) groups is 1. The van der Waals surface area contributed by atoms with Crippen molar-refractivity contribution in [2.45, 2.75) is 36.4 Å². The molecule has 77 valence electrons. The number of hydrogen-bond donors (Lipinski definition) is 4. The van der Waals surface area contributed by atoms with Gasteiger partial charge in [-0.1, -0.05) is 6.92 Å². The fraction of sp³-hybridized carbons (Fsp3) is 0.875. The van der Waals surface area contributed by atoms with Gasteiger partial charge in [0.15, 0.2) is 0 Å². The first-order chi connectivity index (χ1) is 6.05. The van der Waals surface area contributed by atoms with Gasteiger partial charge in [-0.05, 0) is 6.42 Å². The molecule has 1 aliphatic heterocycles. The summed E-state index contributed by atoms with van der Waals surface area (Å²) in [7, 11) is 0. The largest absolute Gasteiger partial charge is 0.395 e. The minimum Gasteiger partial charge on any atom is -0.395 e. The Morgan fingerprint density at radius 2 is 2.08 bits per heavy atom. The van der Waals surface area contributed by atoms with Gasteiger partial charge in [0.1, 0.15) is 11.7 Å². The van der Waals surface area contributed by atoms with E-state index < -0.39 is 23.1 Å². The Morgan fingerprint density at radius 1 is 1.46 bits per heavy atom. The van der Waals surface area contributed by atoms with E-state index in [4.69, 9.17) is 5.11 Å². The summed E-state index contributed by atoms with van der Waals surface area (Å²) in [6.07, 6.45) is -1.95. The van der Waals surface area contributed by atoms with E-state index in [1.807, 2.05) is 0 Å². The van der Waals surface area contributed by atoms with Crippen LogP contribution in [0.3, 0.4) is 0 Å². The Labute approximate surface area is 81.6 Å². The van der Waals surface area contributed by atoms with Crippen molar-refractivity contribution >= 4 is 11.8 Å². The Morgan fingerprint density at radius 3 is 2.54 bits per heavy atom. The van der Waals surface area contributed by atoms with Crippen LogP contribution < -0.4 is 0 Å². The third-order valence-electron chi connectivity index (χ3n) is 2.41. The second-order valence-electron chi connectivity index (χ2n) is 3.26. The van der Waals surface area contributed by atoms with Crippen molar-refractivity contribution in [3.63, 3.8) is 0 Å². The first-order valence-corrected chi connectivity index (χ1v) is 5.18. The third-order valence-corrected chi connectivity index (χ3v) is 3.73. The van der Waals surface area contributed by atoms with Gasteiger partial charge in [-0.3, -0.25) is 0 Å². The molecule has 4 atom stereocenters. The second kappa shape index (κ2) is 4.14. The number of aliphatic hydroxyl groups excluding tert-OH is 3. The van der Waals surface area contributed by atoms with Crippen LogP contribution in [-0.2, 0) is 0 Å². The summed E-state index contributed by atoms with van der Waals surface area (Å²) in [5, 5.41) is 37.2. The van der Waals surface area contributed by atoms with Crippen molar-refractivity contribution in [1.29, 1.82) is 0 Å². The summed E-state index contributed by atoms with van der Waals surface area (Å²) in [4.78, 5) is 0. The molecule has 0 bridgehead atoms. The molecule has 0 saturated carbocycles. The molecule has 1 rings (SSSR count). The Bertz CT molecular complexity index is 178. The highest BCUT2D eigenvalue weighted by molar-refractivity contribution is 8.02. The monoisotopic (exact) mass is 207 g/mol. The van der Waals surface area contributed by atoms with Gasteiger partial charge in [0.05, 0.1) is 23.7 Å². The van der Waals surface area contributed by atoms with E-state index in [1.165, 1.54) is 17.5 Å². The van der Waals surface area contributed by atoms with Gasteiger partial charge in [0.25, 0.3) is 0 Å². The van der Waals surface area contributed by atoms with Crippen LogP contribution in [-0.4, -0.2) is 50.1 Å². The molecule has 4 N–H and O–H groups in total. The molecule has 0 aromatic rings.